The minimum Gasteiger partial charge on any atom is -0.515 e. The zero-order valence-corrected chi connectivity index (χ0v) is 6.08. The molecular weight excluding hydrogens is 128 g/mol. The van der Waals surface area contributed by atoms with Crippen LogP contribution in [-0.4, -0.2) is 10.9 Å². The topological polar surface area (TPSA) is 37.3 Å². The first-order valence-electron chi connectivity index (χ1n) is 3.32. The lowest BCUT2D eigenvalue weighted by Crippen LogP contribution is -1.83. The molecule has 2 nitrogen and oxygen atoms in total. The number of aliphatic hydroxyl groups is 1. The fraction of sp³-hybridized carbons (Fsp3) is 0.375. The van der Waals surface area contributed by atoms with Crippen LogP contribution in [0.25, 0.3) is 0 Å². The normalized spacial score (nSPS) is 11.3. The predicted molar refractivity (Wildman–Crippen MR) is 40.8 cm³/mol. The Balaban J connectivity index is 3.56. The fourth-order valence-electron chi connectivity index (χ4n) is 0.495. The summed E-state index contributed by atoms with van der Waals surface area (Å²) in [6.07, 6.45) is 7.06. The number of carbonyl (C=O) groups excluding carboxylic acids is 1. The van der Waals surface area contributed by atoms with E-state index in [1.165, 1.54) is 6.08 Å². The first kappa shape index (κ1) is 8.95. The summed E-state index contributed by atoms with van der Waals surface area (Å²) in [4.78, 5) is 10.6. The van der Waals surface area contributed by atoms with Crippen LogP contribution in [0.2, 0.25) is 0 Å². The summed E-state index contributed by atoms with van der Waals surface area (Å²) in [5, 5.41) is 8.16. The SMILES string of the molecule is CCC/C=C/C(=O)/C=C/O. The monoisotopic (exact) mass is 140 g/mol. The van der Waals surface area contributed by atoms with Gasteiger partial charge in [-0.15, -0.1) is 0 Å². The zero-order valence-electron chi connectivity index (χ0n) is 6.08. The van der Waals surface area contributed by atoms with E-state index < -0.39 is 0 Å². The van der Waals surface area contributed by atoms with Gasteiger partial charge in [0, 0.05) is 6.08 Å². The Morgan fingerprint density at radius 3 is 2.70 bits per heavy atom. The standard InChI is InChI=1S/C8H12O2/c1-2-3-4-5-8(10)6-7-9/h4-7,9H,2-3H2,1H3/b5-4+,7-6+. The smallest absolute Gasteiger partial charge is 0.181 e. The summed E-state index contributed by atoms with van der Waals surface area (Å²) in [6.45, 7) is 2.04. The predicted octanol–water partition coefficient (Wildman–Crippen LogP) is 1.98. The third-order valence-electron chi connectivity index (χ3n) is 0.976. The maximum atomic E-state index is 10.6. The van der Waals surface area contributed by atoms with Crippen LogP contribution in [0.15, 0.2) is 24.5 Å². The highest BCUT2D eigenvalue weighted by Crippen LogP contribution is 1.88. The van der Waals surface area contributed by atoms with Gasteiger partial charge in [-0.2, -0.15) is 0 Å². The molecule has 0 aliphatic carbocycles. The van der Waals surface area contributed by atoms with E-state index in [1.807, 2.05) is 6.92 Å². The van der Waals surface area contributed by atoms with Crippen LogP contribution in [0.5, 0.6) is 0 Å². The first-order chi connectivity index (χ1) is 4.81. The van der Waals surface area contributed by atoms with Gasteiger partial charge in [-0.25, -0.2) is 0 Å². The minimum atomic E-state index is -0.170. The van der Waals surface area contributed by atoms with Crippen LogP contribution in [0.3, 0.4) is 0 Å². The Bertz CT molecular complexity index is 145. The number of carbonyl (C=O) groups is 1. The number of allylic oxidation sites excluding steroid dienone is 3. The number of hydrogen-bond donors (Lipinski definition) is 1. The minimum absolute atomic E-state index is 0.170. The summed E-state index contributed by atoms with van der Waals surface area (Å²) < 4.78 is 0. The Morgan fingerprint density at radius 2 is 2.20 bits per heavy atom. The molecule has 0 atom stereocenters. The van der Waals surface area contributed by atoms with Crippen molar-refractivity contribution >= 4 is 5.78 Å². The van der Waals surface area contributed by atoms with E-state index in [0.29, 0.717) is 0 Å². The van der Waals surface area contributed by atoms with Gasteiger partial charge in [0.1, 0.15) is 0 Å². The third kappa shape index (κ3) is 5.09. The van der Waals surface area contributed by atoms with E-state index in [9.17, 15) is 4.79 Å². The summed E-state index contributed by atoms with van der Waals surface area (Å²) in [5.41, 5.74) is 0. The number of unbranched alkanes of at least 4 members (excludes halogenated alkanes) is 1. The lowest BCUT2D eigenvalue weighted by atomic mass is 10.3. The quantitative estimate of drug-likeness (QED) is 0.479. The molecule has 0 saturated carbocycles. The maximum absolute atomic E-state index is 10.6. The molecule has 0 unspecified atom stereocenters. The van der Waals surface area contributed by atoms with Gasteiger partial charge in [0.2, 0.25) is 0 Å². The molecule has 0 aromatic carbocycles. The number of rotatable bonds is 4. The Morgan fingerprint density at radius 1 is 1.50 bits per heavy atom. The largest absolute Gasteiger partial charge is 0.515 e. The highest BCUT2D eigenvalue weighted by Gasteiger charge is 1.84. The van der Waals surface area contributed by atoms with Gasteiger partial charge < -0.3 is 5.11 Å². The van der Waals surface area contributed by atoms with Gasteiger partial charge in [0.25, 0.3) is 0 Å². The van der Waals surface area contributed by atoms with Crippen LogP contribution in [0.1, 0.15) is 19.8 Å². The molecule has 10 heavy (non-hydrogen) atoms. The van der Waals surface area contributed by atoms with Crippen LogP contribution in [0, 0.1) is 0 Å². The summed E-state index contributed by atoms with van der Waals surface area (Å²) >= 11 is 0. The van der Waals surface area contributed by atoms with Gasteiger partial charge >= 0.3 is 0 Å². The van der Waals surface area contributed by atoms with Crippen LogP contribution >= 0.6 is 0 Å². The maximum Gasteiger partial charge on any atom is 0.181 e. The molecule has 0 aliphatic heterocycles. The van der Waals surface area contributed by atoms with Crippen LogP contribution in [0.4, 0.5) is 0 Å². The van der Waals surface area contributed by atoms with Crippen molar-refractivity contribution in [2.75, 3.05) is 0 Å². The highest BCUT2D eigenvalue weighted by atomic mass is 16.2. The molecule has 0 bridgehead atoms. The molecule has 56 valence electrons. The molecule has 0 saturated heterocycles. The van der Waals surface area contributed by atoms with Gasteiger partial charge in [-0.3, -0.25) is 4.79 Å². The summed E-state index contributed by atoms with van der Waals surface area (Å²) in [5.74, 6) is -0.170. The van der Waals surface area contributed by atoms with Crippen molar-refractivity contribution < 1.29 is 9.90 Å². The van der Waals surface area contributed by atoms with Crippen molar-refractivity contribution in [1.82, 2.24) is 0 Å². The summed E-state index contributed by atoms with van der Waals surface area (Å²) in [7, 11) is 0. The van der Waals surface area contributed by atoms with Gasteiger partial charge in [0.15, 0.2) is 5.78 Å². The van der Waals surface area contributed by atoms with Crippen molar-refractivity contribution in [2.24, 2.45) is 0 Å². The second kappa shape index (κ2) is 6.08. The second-order valence-corrected chi connectivity index (χ2v) is 1.91. The van der Waals surface area contributed by atoms with Gasteiger partial charge in [-0.1, -0.05) is 19.4 Å². The fourth-order valence-corrected chi connectivity index (χ4v) is 0.495. The molecule has 0 aromatic heterocycles. The van der Waals surface area contributed by atoms with Crippen molar-refractivity contribution in [3.05, 3.63) is 24.5 Å². The average Bonchev–Trinajstić information content (AvgIpc) is 1.89. The van der Waals surface area contributed by atoms with E-state index in [-0.39, 0.29) is 5.78 Å². The van der Waals surface area contributed by atoms with Crippen molar-refractivity contribution in [2.45, 2.75) is 19.8 Å². The highest BCUT2D eigenvalue weighted by molar-refractivity contribution is 5.98. The Labute approximate surface area is 60.9 Å². The van der Waals surface area contributed by atoms with Crippen molar-refractivity contribution in [3.63, 3.8) is 0 Å². The number of aliphatic hydroxyl groups excluding tert-OH is 1. The number of ketones is 1. The molecule has 0 rings (SSSR count). The third-order valence-corrected chi connectivity index (χ3v) is 0.976. The van der Waals surface area contributed by atoms with E-state index in [2.05, 4.69) is 0 Å². The Hall–Kier alpha value is -1.05. The molecule has 0 aromatic rings. The zero-order chi connectivity index (χ0) is 7.82. The second-order valence-electron chi connectivity index (χ2n) is 1.91. The molecule has 0 fully saturated rings. The average molecular weight is 140 g/mol. The van der Waals surface area contributed by atoms with E-state index in [4.69, 9.17) is 5.11 Å². The molecule has 0 amide bonds. The van der Waals surface area contributed by atoms with E-state index in [0.717, 1.165) is 25.2 Å². The van der Waals surface area contributed by atoms with E-state index in [1.54, 1.807) is 6.08 Å². The van der Waals surface area contributed by atoms with E-state index >= 15 is 0 Å². The molecular formula is C8H12O2. The molecule has 0 heterocycles. The Kier molecular flexibility index (Phi) is 5.44. The number of hydrogen-bond acceptors (Lipinski definition) is 2. The van der Waals surface area contributed by atoms with Gasteiger partial charge in [-0.05, 0) is 12.5 Å². The lowest BCUT2D eigenvalue weighted by Gasteiger charge is -1.81. The first-order valence-corrected chi connectivity index (χ1v) is 3.32. The molecule has 1 N–H and O–H groups in total. The van der Waals surface area contributed by atoms with Gasteiger partial charge in [0.05, 0.1) is 6.26 Å². The lowest BCUT2D eigenvalue weighted by molar-refractivity contribution is -0.110. The molecule has 2 heteroatoms. The van der Waals surface area contributed by atoms with Crippen LogP contribution < -0.4 is 0 Å². The summed E-state index contributed by atoms with van der Waals surface area (Å²) in [6, 6.07) is 0. The van der Waals surface area contributed by atoms with Crippen molar-refractivity contribution in [1.29, 1.82) is 0 Å². The molecule has 0 radical (unpaired) electrons. The molecule has 0 aliphatic rings. The van der Waals surface area contributed by atoms with Crippen molar-refractivity contribution in [3.8, 4) is 0 Å². The van der Waals surface area contributed by atoms with Crippen LogP contribution in [-0.2, 0) is 4.79 Å². The molecule has 0 spiro atoms.